The molecule has 17 heavy (non-hydrogen) atoms. The van der Waals surface area contributed by atoms with Crippen molar-refractivity contribution in [2.75, 3.05) is 0 Å². The van der Waals surface area contributed by atoms with E-state index < -0.39 is 37.4 Å². The molecule has 0 N–H and O–H groups in total. The van der Waals surface area contributed by atoms with Gasteiger partial charge in [0.05, 0.1) is 5.56 Å². The molecule has 10 heteroatoms. The lowest BCUT2D eigenvalue weighted by molar-refractivity contribution is -0.137. The van der Waals surface area contributed by atoms with E-state index in [1.807, 2.05) is 0 Å². The zero-order chi connectivity index (χ0) is 13.8. The molecule has 0 fully saturated rings. The molecular formula is C7H3BrF8S. The minimum atomic E-state index is -10.1. The summed E-state index contributed by atoms with van der Waals surface area (Å²) in [5.41, 5.74) is -1.80. The molecule has 0 bridgehead atoms. The summed E-state index contributed by atoms with van der Waals surface area (Å²) in [5.74, 6) is 0. The Bertz CT molecular complexity index is 458. The number of alkyl halides is 3. The molecule has 0 aliphatic rings. The fourth-order valence-corrected chi connectivity index (χ4v) is 2.29. The Morgan fingerprint density at radius 1 is 0.882 bits per heavy atom. The van der Waals surface area contributed by atoms with E-state index >= 15 is 0 Å². The van der Waals surface area contributed by atoms with E-state index in [1.165, 1.54) is 0 Å². The van der Waals surface area contributed by atoms with Gasteiger partial charge in [0.1, 0.15) is 4.90 Å². The van der Waals surface area contributed by atoms with Crippen molar-refractivity contribution in [3.05, 3.63) is 28.2 Å². The molecule has 1 aromatic carbocycles. The average Bonchev–Trinajstić information content (AvgIpc) is 1.96. The normalized spacial score (nSPS) is 17.5. The molecule has 0 radical (unpaired) electrons. The summed E-state index contributed by atoms with van der Waals surface area (Å²) < 4.78 is 97.3. The van der Waals surface area contributed by atoms with Gasteiger partial charge in [0, 0.05) is 4.47 Å². The molecule has 0 spiro atoms. The Kier molecular flexibility index (Phi) is 2.64. The topological polar surface area (TPSA) is 0 Å². The quantitative estimate of drug-likeness (QED) is 0.535. The maximum absolute atomic E-state index is 12.3. The van der Waals surface area contributed by atoms with Crippen LogP contribution in [-0.2, 0) is 6.18 Å². The molecule has 0 saturated carbocycles. The van der Waals surface area contributed by atoms with Gasteiger partial charge in [0.15, 0.2) is 0 Å². The van der Waals surface area contributed by atoms with Gasteiger partial charge < -0.3 is 0 Å². The number of halogens is 9. The lowest BCUT2D eigenvalue weighted by Gasteiger charge is -2.40. The van der Waals surface area contributed by atoms with Crippen molar-refractivity contribution >= 4 is 26.2 Å². The fourth-order valence-electron chi connectivity index (χ4n) is 0.949. The van der Waals surface area contributed by atoms with Gasteiger partial charge >= 0.3 is 16.4 Å². The van der Waals surface area contributed by atoms with Crippen LogP contribution in [0.2, 0.25) is 0 Å². The Labute approximate surface area is 98.5 Å². The predicted molar refractivity (Wildman–Crippen MR) is 50.5 cm³/mol. The first-order valence-electron chi connectivity index (χ1n) is 3.71. The second kappa shape index (κ2) is 3.08. The van der Waals surface area contributed by atoms with Gasteiger partial charge in [-0.2, -0.15) is 13.2 Å². The lowest BCUT2D eigenvalue weighted by atomic mass is 10.2. The van der Waals surface area contributed by atoms with Crippen LogP contribution in [0, 0.1) is 0 Å². The summed E-state index contributed by atoms with van der Waals surface area (Å²) in [6.07, 6.45) is -5.14. The summed E-state index contributed by atoms with van der Waals surface area (Å²) in [7, 11) is -10.1. The number of hydrogen-bond donors (Lipinski definition) is 0. The summed E-state index contributed by atoms with van der Waals surface area (Å²) in [5, 5.41) is 0. The molecule has 1 aromatic rings. The van der Waals surface area contributed by atoms with Crippen LogP contribution in [0.1, 0.15) is 5.56 Å². The second-order valence-corrected chi connectivity index (χ2v) is 6.47. The van der Waals surface area contributed by atoms with Crippen LogP contribution in [0.15, 0.2) is 27.6 Å². The van der Waals surface area contributed by atoms with Crippen molar-refractivity contribution in [1.29, 1.82) is 0 Å². The van der Waals surface area contributed by atoms with Gasteiger partial charge in [0.2, 0.25) is 0 Å². The maximum Gasteiger partial charge on any atom is 0.416 e. The molecule has 1 rings (SSSR count). The van der Waals surface area contributed by atoms with E-state index in [9.17, 15) is 32.6 Å². The molecule has 0 aliphatic carbocycles. The van der Waals surface area contributed by atoms with Crippen LogP contribution >= 0.6 is 26.2 Å². The van der Waals surface area contributed by atoms with Crippen molar-refractivity contribution in [1.82, 2.24) is 0 Å². The van der Waals surface area contributed by atoms with E-state index in [-0.39, 0.29) is 12.1 Å². The Morgan fingerprint density at radius 3 is 1.71 bits per heavy atom. The van der Waals surface area contributed by atoms with Crippen LogP contribution in [-0.4, -0.2) is 0 Å². The van der Waals surface area contributed by atoms with Gasteiger partial charge in [-0.25, -0.2) is 0 Å². The number of rotatable bonds is 1. The van der Waals surface area contributed by atoms with Crippen LogP contribution in [0.4, 0.5) is 32.6 Å². The van der Waals surface area contributed by atoms with E-state index in [0.717, 1.165) is 0 Å². The molecule has 0 heterocycles. The number of hydrogen-bond acceptors (Lipinski definition) is 0. The first-order valence-corrected chi connectivity index (χ1v) is 6.46. The molecule has 0 unspecified atom stereocenters. The van der Waals surface area contributed by atoms with E-state index in [2.05, 4.69) is 15.9 Å². The molecule has 0 atom stereocenters. The standard InChI is InChI=1S/C7H3BrF8S/c8-5-1-4(7(9,10)11)2-6(3-5)17(12,13,14,15)16/h1-3H. The highest BCUT2D eigenvalue weighted by molar-refractivity contribution is 9.10. The summed E-state index contributed by atoms with van der Waals surface area (Å²) in [4.78, 5) is -2.58. The minimum absolute atomic E-state index is 0.0865. The molecule has 0 aromatic heterocycles. The van der Waals surface area contributed by atoms with Crippen molar-refractivity contribution < 1.29 is 32.6 Å². The highest BCUT2D eigenvalue weighted by Crippen LogP contribution is 3.02. The van der Waals surface area contributed by atoms with E-state index in [1.54, 1.807) is 0 Å². The van der Waals surface area contributed by atoms with E-state index in [4.69, 9.17) is 0 Å². The highest BCUT2D eigenvalue weighted by atomic mass is 79.9. The SMILES string of the molecule is FC(F)(F)c1cc(Br)cc(S(F)(F)(F)(F)F)c1. The molecular weight excluding hydrogens is 348 g/mol. The molecule has 0 nitrogen and oxygen atoms in total. The van der Waals surface area contributed by atoms with Gasteiger partial charge in [-0.05, 0) is 18.2 Å². The summed E-state index contributed by atoms with van der Waals surface area (Å²) >= 11 is 2.33. The van der Waals surface area contributed by atoms with Gasteiger partial charge in [0.25, 0.3) is 0 Å². The third kappa shape index (κ3) is 3.73. The predicted octanol–water partition coefficient (Wildman–Crippen LogP) is 6.13. The van der Waals surface area contributed by atoms with Crippen LogP contribution in [0.25, 0.3) is 0 Å². The fraction of sp³-hybridized carbons (Fsp3) is 0.143. The first-order chi connectivity index (χ1) is 7.09. The Morgan fingerprint density at radius 2 is 1.35 bits per heavy atom. The van der Waals surface area contributed by atoms with Gasteiger partial charge in [-0.15, -0.1) is 0 Å². The average molecular weight is 351 g/mol. The van der Waals surface area contributed by atoms with Crippen LogP contribution < -0.4 is 0 Å². The third-order valence-corrected chi connectivity index (χ3v) is 3.23. The Balaban J connectivity index is 3.57. The largest absolute Gasteiger partial charge is 0.416 e. The monoisotopic (exact) mass is 350 g/mol. The molecule has 100 valence electrons. The minimum Gasteiger partial charge on any atom is -0.166 e. The van der Waals surface area contributed by atoms with Crippen LogP contribution in [0.5, 0.6) is 0 Å². The third-order valence-electron chi connectivity index (χ3n) is 1.64. The van der Waals surface area contributed by atoms with Gasteiger partial charge in [-0.1, -0.05) is 35.4 Å². The highest BCUT2D eigenvalue weighted by Gasteiger charge is 2.65. The van der Waals surface area contributed by atoms with Crippen molar-refractivity contribution in [2.24, 2.45) is 0 Å². The molecule has 0 aliphatic heterocycles. The van der Waals surface area contributed by atoms with Crippen molar-refractivity contribution in [2.45, 2.75) is 11.1 Å². The maximum atomic E-state index is 12.3. The first kappa shape index (κ1) is 14.6. The van der Waals surface area contributed by atoms with Crippen molar-refractivity contribution in [3.8, 4) is 0 Å². The zero-order valence-corrected chi connectivity index (χ0v) is 9.94. The second-order valence-electron chi connectivity index (χ2n) is 3.14. The molecule has 0 amide bonds. The van der Waals surface area contributed by atoms with E-state index in [0.29, 0.717) is 0 Å². The van der Waals surface area contributed by atoms with Crippen molar-refractivity contribution in [3.63, 3.8) is 0 Å². The zero-order valence-electron chi connectivity index (χ0n) is 7.54. The summed E-state index contributed by atoms with van der Waals surface area (Å²) in [6, 6.07) is -0.407. The Hall–Kier alpha value is -0.510. The lowest BCUT2D eigenvalue weighted by Crippen LogP contribution is -2.10. The van der Waals surface area contributed by atoms with Crippen LogP contribution in [0.3, 0.4) is 0 Å². The smallest absolute Gasteiger partial charge is 0.166 e. The van der Waals surface area contributed by atoms with Gasteiger partial charge in [-0.3, -0.25) is 0 Å². The summed E-state index contributed by atoms with van der Waals surface area (Å²) in [6.45, 7) is 0. The number of benzene rings is 1. The molecule has 0 saturated heterocycles.